The fourth-order valence-corrected chi connectivity index (χ4v) is 3.04. The van der Waals surface area contributed by atoms with Crippen LogP contribution in [0.3, 0.4) is 0 Å². The number of carbonyl (C=O) groups is 2. The fourth-order valence-electron chi connectivity index (χ4n) is 1.87. The Morgan fingerprint density at radius 1 is 1.08 bits per heavy atom. The van der Waals surface area contributed by atoms with E-state index in [0.717, 1.165) is 4.47 Å². The summed E-state index contributed by atoms with van der Waals surface area (Å²) >= 11 is 3.26. The highest BCUT2D eigenvalue weighted by molar-refractivity contribution is 9.10. The van der Waals surface area contributed by atoms with Gasteiger partial charge in [0.05, 0.1) is 10.5 Å². The average molecular weight is 412 g/mol. The molecule has 2 aromatic rings. The van der Waals surface area contributed by atoms with E-state index in [1.807, 2.05) is 0 Å². The van der Waals surface area contributed by atoms with Crippen molar-refractivity contribution >= 4 is 37.7 Å². The van der Waals surface area contributed by atoms with Crippen molar-refractivity contribution in [1.82, 2.24) is 4.72 Å². The summed E-state index contributed by atoms with van der Waals surface area (Å²) in [5, 5.41) is 0. The van der Waals surface area contributed by atoms with E-state index in [9.17, 15) is 18.0 Å². The first kappa shape index (κ1) is 18.3. The molecule has 2 rings (SSSR count). The molecule has 0 unspecified atom stereocenters. The summed E-state index contributed by atoms with van der Waals surface area (Å²) in [6, 6.07) is 12.1. The highest BCUT2D eigenvalue weighted by Crippen LogP contribution is 2.14. The molecule has 6 nitrogen and oxygen atoms in total. The Morgan fingerprint density at radius 3 is 2.42 bits per heavy atom. The van der Waals surface area contributed by atoms with Crippen LogP contribution in [-0.4, -0.2) is 33.8 Å². The van der Waals surface area contributed by atoms with Crippen LogP contribution in [-0.2, 0) is 14.8 Å². The molecule has 0 spiro atoms. The number of esters is 1. The van der Waals surface area contributed by atoms with Gasteiger partial charge < -0.3 is 4.74 Å². The first-order chi connectivity index (χ1) is 11.3. The number of sulfonamides is 1. The molecule has 24 heavy (non-hydrogen) atoms. The van der Waals surface area contributed by atoms with Gasteiger partial charge in [0.15, 0.2) is 12.4 Å². The molecule has 0 bridgehead atoms. The Hall–Kier alpha value is -2.03. The Labute approximate surface area is 148 Å². The van der Waals surface area contributed by atoms with E-state index in [4.69, 9.17) is 4.74 Å². The second-order valence-corrected chi connectivity index (χ2v) is 7.55. The standard InChI is InChI=1S/C16H14BrNO5S/c1-18-24(21,22)14-7-3-5-12(9-14)16(20)23-10-15(19)11-4-2-6-13(17)8-11/h2-9,18H,10H2,1H3. The summed E-state index contributed by atoms with van der Waals surface area (Å²) in [5.74, 6) is -1.13. The third-order valence-electron chi connectivity index (χ3n) is 3.13. The Morgan fingerprint density at radius 2 is 1.75 bits per heavy atom. The van der Waals surface area contributed by atoms with Gasteiger partial charge in [0.25, 0.3) is 0 Å². The summed E-state index contributed by atoms with van der Waals surface area (Å²) in [6.07, 6.45) is 0. The number of ether oxygens (including phenoxy) is 1. The van der Waals surface area contributed by atoms with Crippen LogP contribution >= 0.6 is 15.9 Å². The van der Waals surface area contributed by atoms with Crippen LogP contribution in [0.1, 0.15) is 20.7 Å². The molecule has 0 aliphatic heterocycles. The maximum atomic E-state index is 12.0. The highest BCUT2D eigenvalue weighted by Gasteiger charge is 2.16. The summed E-state index contributed by atoms with van der Waals surface area (Å²) in [6.45, 7) is -0.432. The van der Waals surface area contributed by atoms with Crippen molar-refractivity contribution in [2.75, 3.05) is 13.7 Å². The zero-order chi connectivity index (χ0) is 17.7. The minimum atomic E-state index is -3.66. The number of benzene rings is 2. The molecule has 0 heterocycles. The molecule has 0 aromatic heterocycles. The van der Waals surface area contributed by atoms with Crippen molar-refractivity contribution in [2.45, 2.75) is 4.90 Å². The minimum Gasteiger partial charge on any atom is -0.454 e. The fraction of sp³-hybridized carbons (Fsp3) is 0.125. The average Bonchev–Trinajstić information content (AvgIpc) is 2.59. The maximum absolute atomic E-state index is 12.0. The molecular formula is C16H14BrNO5S. The molecule has 1 N–H and O–H groups in total. The zero-order valence-corrected chi connectivity index (χ0v) is 15.1. The summed E-state index contributed by atoms with van der Waals surface area (Å²) < 4.78 is 31.3. The van der Waals surface area contributed by atoms with Crippen LogP contribution in [0, 0.1) is 0 Å². The maximum Gasteiger partial charge on any atom is 0.338 e. The molecule has 2 aromatic carbocycles. The molecule has 126 valence electrons. The van der Waals surface area contributed by atoms with Gasteiger partial charge in [-0.2, -0.15) is 0 Å². The van der Waals surface area contributed by atoms with Crippen molar-refractivity contribution in [3.05, 3.63) is 64.1 Å². The number of hydrogen-bond acceptors (Lipinski definition) is 5. The van der Waals surface area contributed by atoms with E-state index in [-0.39, 0.29) is 16.2 Å². The largest absolute Gasteiger partial charge is 0.454 e. The predicted molar refractivity (Wildman–Crippen MR) is 91.4 cm³/mol. The number of hydrogen-bond donors (Lipinski definition) is 1. The van der Waals surface area contributed by atoms with Gasteiger partial charge in [0.2, 0.25) is 10.0 Å². The van der Waals surface area contributed by atoms with Gasteiger partial charge in [-0.25, -0.2) is 17.9 Å². The number of carbonyl (C=O) groups excluding carboxylic acids is 2. The summed E-state index contributed by atoms with van der Waals surface area (Å²) in [4.78, 5) is 24.0. The van der Waals surface area contributed by atoms with Gasteiger partial charge in [-0.05, 0) is 37.4 Å². The van der Waals surface area contributed by atoms with Crippen molar-refractivity contribution in [2.24, 2.45) is 0 Å². The van der Waals surface area contributed by atoms with Gasteiger partial charge in [0.1, 0.15) is 0 Å². The second kappa shape index (κ2) is 7.69. The van der Waals surface area contributed by atoms with Crippen molar-refractivity contribution in [1.29, 1.82) is 0 Å². The van der Waals surface area contributed by atoms with E-state index in [1.54, 1.807) is 24.3 Å². The van der Waals surface area contributed by atoms with E-state index in [1.165, 1.54) is 31.3 Å². The first-order valence-corrected chi connectivity index (χ1v) is 9.10. The van der Waals surface area contributed by atoms with E-state index >= 15 is 0 Å². The molecule has 0 aliphatic carbocycles. The normalized spacial score (nSPS) is 11.1. The highest BCUT2D eigenvalue weighted by atomic mass is 79.9. The SMILES string of the molecule is CNS(=O)(=O)c1cccc(C(=O)OCC(=O)c2cccc(Br)c2)c1. The lowest BCUT2D eigenvalue weighted by Crippen LogP contribution is -2.19. The molecule has 0 aliphatic rings. The zero-order valence-electron chi connectivity index (χ0n) is 12.7. The number of nitrogens with one attached hydrogen (secondary N) is 1. The summed E-state index contributed by atoms with van der Waals surface area (Å²) in [5.41, 5.74) is 0.456. The first-order valence-electron chi connectivity index (χ1n) is 6.83. The molecule has 8 heteroatoms. The van der Waals surface area contributed by atoms with Crippen LogP contribution in [0.2, 0.25) is 0 Å². The second-order valence-electron chi connectivity index (χ2n) is 4.75. The molecule has 0 saturated heterocycles. The molecule has 0 saturated carbocycles. The van der Waals surface area contributed by atoms with Crippen LogP contribution in [0.5, 0.6) is 0 Å². The van der Waals surface area contributed by atoms with Crippen LogP contribution < -0.4 is 4.72 Å². The van der Waals surface area contributed by atoms with E-state index in [0.29, 0.717) is 5.56 Å². The van der Waals surface area contributed by atoms with Crippen LogP contribution in [0.25, 0.3) is 0 Å². The minimum absolute atomic E-state index is 0.0494. The van der Waals surface area contributed by atoms with Crippen molar-refractivity contribution in [3.63, 3.8) is 0 Å². The molecular weight excluding hydrogens is 398 g/mol. The molecule has 0 amide bonds. The van der Waals surface area contributed by atoms with Gasteiger partial charge in [-0.3, -0.25) is 4.79 Å². The smallest absolute Gasteiger partial charge is 0.338 e. The lowest BCUT2D eigenvalue weighted by atomic mass is 10.1. The topological polar surface area (TPSA) is 89.5 Å². The lowest BCUT2D eigenvalue weighted by molar-refractivity contribution is 0.0474. The number of halogens is 1. The predicted octanol–water partition coefficient (Wildman–Crippen LogP) is 2.40. The van der Waals surface area contributed by atoms with Gasteiger partial charge >= 0.3 is 5.97 Å². The number of ketones is 1. The Bertz CT molecular complexity index is 880. The number of rotatable bonds is 6. The Balaban J connectivity index is 2.08. The molecule has 0 fully saturated rings. The van der Waals surface area contributed by atoms with E-state index < -0.39 is 22.6 Å². The monoisotopic (exact) mass is 411 g/mol. The Kier molecular flexibility index (Phi) is 5.87. The number of Topliss-reactive ketones (excluding diaryl/α,β-unsaturated/α-hetero) is 1. The van der Waals surface area contributed by atoms with Crippen molar-refractivity contribution < 1.29 is 22.7 Å². The lowest BCUT2D eigenvalue weighted by Gasteiger charge is -2.07. The van der Waals surface area contributed by atoms with Crippen LogP contribution in [0.4, 0.5) is 0 Å². The third-order valence-corrected chi connectivity index (χ3v) is 5.03. The van der Waals surface area contributed by atoms with Crippen LogP contribution in [0.15, 0.2) is 57.9 Å². The molecule has 0 radical (unpaired) electrons. The van der Waals surface area contributed by atoms with E-state index in [2.05, 4.69) is 20.7 Å². The summed E-state index contributed by atoms with van der Waals surface area (Å²) in [7, 11) is -2.39. The van der Waals surface area contributed by atoms with Gasteiger partial charge in [-0.1, -0.05) is 34.1 Å². The van der Waals surface area contributed by atoms with Gasteiger partial charge in [-0.15, -0.1) is 0 Å². The quantitative estimate of drug-likeness (QED) is 0.582. The van der Waals surface area contributed by atoms with Crippen molar-refractivity contribution in [3.8, 4) is 0 Å². The third kappa shape index (κ3) is 4.50. The van der Waals surface area contributed by atoms with Gasteiger partial charge in [0, 0.05) is 10.0 Å². The molecule has 0 atom stereocenters.